The fraction of sp³-hybridized carbons (Fsp3) is 0. The molecule has 4 rings (SSSR count). The second-order valence-corrected chi connectivity index (χ2v) is 5.97. The molecular weight excluding hydrogens is 348 g/mol. The van der Waals surface area contributed by atoms with E-state index in [-0.39, 0.29) is 33.6 Å². The number of fused-ring (bicyclic) bond motifs is 2. The van der Waals surface area contributed by atoms with Gasteiger partial charge >= 0.3 is 0 Å². The first-order valence-corrected chi connectivity index (χ1v) is 7.97. The molecule has 7 nitrogen and oxygen atoms in total. The van der Waals surface area contributed by atoms with E-state index in [1.54, 1.807) is 12.1 Å². The molecule has 0 aliphatic heterocycles. The molecule has 1 aromatic heterocycles. The maximum Gasteiger partial charge on any atom is 0.255 e. The number of anilines is 1. The first-order valence-electron chi connectivity index (χ1n) is 7.97. The molecule has 3 N–H and O–H groups in total. The van der Waals surface area contributed by atoms with Crippen molar-refractivity contribution in [3.05, 3.63) is 82.7 Å². The van der Waals surface area contributed by atoms with E-state index in [4.69, 9.17) is 0 Å². The zero-order valence-electron chi connectivity index (χ0n) is 13.8. The number of phenolic OH excluding ortho intramolecular Hbond substituents is 2. The number of ketones is 2. The third-order valence-electron chi connectivity index (χ3n) is 4.30. The first-order chi connectivity index (χ1) is 13.0. The van der Waals surface area contributed by atoms with Crippen LogP contribution in [-0.2, 0) is 0 Å². The number of pyridine rings is 1. The molecule has 27 heavy (non-hydrogen) atoms. The summed E-state index contributed by atoms with van der Waals surface area (Å²) in [5.41, 5.74) is 0.0722. The monoisotopic (exact) mass is 360 g/mol. The number of nitrogens with one attached hydrogen (secondary N) is 1. The lowest BCUT2D eigenvalue weighted by Gasteiger charge is -2.20. The predicted molar refractivity (Wildman–Crippen MR) is 95.3 cm³/mol. The molecule has 0 atom stereocenters. The maximum absolute atomic E-state index is 12.8. The standard InChI is InChI=1S/C20H12N2O5/c23-14-3-1-2-12-16(14)19(26)17-13(18(12)25)8-10(9-15(17)24)20(27)22-11-4-6-21-7-5-11/h1-9,23-24H,(H,21,22,27). The number of carbonyl (C=O) groups excluding carboxylic acids is 3. The third kappa shape index (κ3) is 2.62. The summed E-state index contributed by atoms with van der Waals surface area (Å²) in [6.07, 6.45) is 3.01. The Hall–Kier alpha value is -4.00. The molecule has 0 saturated carbocycles. The third-order valence-corrected chi connectivity index (χ3v) is 4.30. The smallest absolute Gasteiger partial charge is 0.255 e. The highest BCUT2D eigenvalue weighted by Crippen LogP contribution is 2.37. The van der Waals surface area contributed by atoms with Crippen LogP contribution >= 0.6 is 0 Å². The SMILES string of the molecule is O=C(Nc1ccncc1)c1cc(O)c2c(c1)C(=O)c1cccc(O)c1C2=O. The van der Waals surface area contributed by atoms with Gasteiger partial charge in [-0.1, -0.05) is 12.1 Å². The summed E-state index contributed by atoms with van der Waals surface area (Å²) in [6, 6.07) is 9.71. The Kier molecular flexibility index (Phi) is 3.70. The number of carbonyl (C=O) groups is 3. The molecule has 0 fully saturated rings. The number of rotatable bonds is 2. The van der Waals surface area contributed by atoms with Crippen molar-refractivity contribution in [3.63, 3.8) is 0 Å². The van der Waals surface area contributed by atoms with Crippen molar-refractivity contribution in [2.45, 2.75) is 0 Å². The summed E-state index contributed by atoms with van der Waals surface area (Å²) in [5.74, 6) is -2.61. The van der Waals surface area contributed by atoms with Crippen molar-refractivity contribution in [3.8, 4) is 11.5 Å². The van der Waals surface area contributed by atoms with Gasteiger partial charge in [0.15, 0.2) is 5.78 Å². The van der Waals surface area contributed by atoms with Crippen LogP contribution in [0, 0.1) is 0 Å². The maximum atomic E-state index is 12.8. The minimum absolute atomic E-state index is 0.0211. The second-order valence-electron chi connectivity index (χ2n) is 5.97. The molecule has 132 valence electrons. The number of aromatic hydroxyl groups is 2. The van der Waals surface area contributed by atoms with E-state index in [0.29, 0.717) is 5.69 Å². The fourth-order valence-corrected chi connectivity index (χ4v) is 3.05. The van der Waals surface area contributed by atoms with Crippen LogP contribution in [0.15, 0.2) is 54.9 Å². The van der Waals surface area contributed by atoms with E-state index >= 15 is 0 Å². The van der Waals surface area contributed by atoms with Gasteiger partial charge in [0, 0.05) is 34.8 Å². The molecule has 0 radical (unpaired) electrons. The minimum atomic E-state index is -0.670. The molecule has 0 bridgehead atoms. The lowest BCUT2D eigenvalue weighted by molar-refractivity contribution is 0.0972. The Bertz CT molecular complexity index is 1120. The summed E-state index contributed by atoms with van der Waals surface area (Å²) in [5, 5.41) is 22.9. The van der Waals surface area contributed by atoms with Gasteiger partial charge in [0.25, 0.3) is 5.91 Å². The van der Waals surface area contributed by atoms with Gasteiger partial charge in [-0.15, -0.1) is 0 Å². The predicted octanol–water partition coefficient (Wildman–Crippen LogP) is 2.52. The van der Waals surface area contributed by atoms with Crippen LogP contribution in [0.25, 0.3) is 0 Å². The van der Waals surface area contributed by atoms with Gasteiger partial charge in [0.05, 0.1) is 11.1 Å². The van der Waals surface area contributed by atoms with Gasteiger partial charge in [0.1, 0.15) is 11.5 Å². The van der Waals surface area contributed by atoms with E-state index in [1.165, 1.54) is 36.7 Å². The van der Waals surface area contributed by atoms with Crippen LogP contribution in [0.1, 0.15) is 42.2 Å². The molecular formula is C20H12N2O5. The number of hydrogen-bond acceptors (Lipinski definition) is 6. The summed E-state index contributed by atoms with van der Waals surface area (Å²) < 4.78 is 0. The molecule has 1 amide bonds. The summed E-state index contributed by atoms with van der Waals surface area (Å²) in [4.78, 5) is 41.8. The number of aromatic nitrogens is 1. The Morgan fingerprint density at radius 3 is 2.30 bits per heavy atom. The zero-order chi connectivity index (χ0) is 19.1. The van der Waals surface area contributed by atoms with Crippen molar-refractivity contribution >= 4 is 23.2 Å². The van der Waals surface area contributed by atoms with E-state index in [1.807, 2.05) is 0 Å². The van der Waals surface area contributed by atoms with Gasteiger partial charge in [-0.05, 0) is 30.3 Å². The van der Waals surface area contributed by atoms with E-state index in [2.05, 4.69) is 10.3 Å². The molecule has 0 spiro atoms. The Morgan fingerprint density at radius 1 is 0.852 bits per heavy atom. The average Bonchev–Trinajstić information content (AvgIpc) is 2.66. The molecule has 0 saturated heterocycles. The van der Waals surface area contributed by atoms with Gasteiger partial charge < -0.3 is 15.5 Å². The van der Waals surface area contributed by atoms with Crippen LogP contribution in [-0.4, -0.2) is 32.7 Å². The van der Waals surface area contributed by atoms with Crippen LogP contribution < -0.4 is 5.32 Å². The quantitative estimate of drug-likeness (QED) is 0.506. The Morgan fingerprint density at radius 2 is 1.56 bits per heavy atom. The second kappa shape index (κ2) is 6.06. The van der Waals surface area contributed by atoms with Crippen molar-refractivity contribution in [2.75, 3.05) is 5.32 Å². The van der Waals surface area contributed by atoms with Crippen molar-refractivity contribution < 1.29 is 24.6 Å². The van der Waals surface area contributed by atoms with Crippen LogP contribution in [0.5, 0.6) is 11.5 Å². The van der Waals surface area contributed by atoms with Gasteiger partial charge in [-0.2, -0.15) is 0 Å². The lowest BCUT2D eigenvalue weighted by atomic mass is 9.82. The summed E-state index contributed by atoms with van der Waals surface area (Å²) >= 11 is 0. The molecule has 1 heterocycles. The largest absolute Gasteiger partial charge is 0.507 e. The highest BCUT2D eigenvalue weighted by Gasteiger charge is 2.34. The molecule has 7 heteroatoms. The van der Waals surface area contributed by atoms with E-state index in [9.17, 15) is 24.6 Å². The number of amides is 1. The van der Waals surface area contributed by atoms with Crippen LogP contribution in [0.3, 0.4) is 0 Å². The highest BCUT2D eigenvalue weighted by molar-refractivity contribution is 6.30. The van der Waals surface area contributed by atoms with Gasteiger partial charge in [-0.3, -0.25) is 19.4 Å². The normalized spacial score (nSPS) is 12.3. The fourth-order valence-electron chi connectivity index (χ4n) is 3.05. The first kappa shape index (κ1) is 16.5. The highest BCUT2D eigenvalue weighted by atomic mass is 16.3. The molecule has 2 aromatic carbocycles. The molecule has 3 aromatic rings. The zero-order valence-corrected chi connectivity index (χ0v) is 13.8. The van der Waals surface area contributed by atoms with Crippen molar-refractivity contribution in [2.24, 2.45) is 0 Å². The topological polar surface area (TPSA) is 117 Å². The Labute approximate surface area is 152 Å². The van der Waals surface area contributed by atoms with Gasteiger partial charge in [-0.25, -0.2) is 0 Å². The number of hydrogen-bond donors (Lipinski definition) is 3. The van der Waals surface area contributed by atoms with Gasteiger partial charge in [0.2, 0.25) is 5.78 Å². The summed E-state index contributed by atoms with van der Waals surface area (Å²) in [7, 11) is 0. The number of nitrogens with zero attached hydrogens (tertiary/aromatic N) is 1. The molecule has 1 aliphatic carbocycles. The molecule has 0 unspecified atom stereocenters. The summed E-state index contributed by atoms with van der Waals surface area (Å²) in [6.45, 7) is 0. The van der Waals surface area contributed by atoms with E-state index in [0.717, 1.165) is 6.07 Å². The number of phenols is 2. The number of benzene rings is 2. The Balaban J connectivity index is 1.79. The minimum Gasteiger partial charge on any atom is -0.507 e. The van der Waals surface area contributed by atoms with Crippen LogP contribution in [0.2, 0.25) is 0 Å². The molecule has 1 aliphatic rings. The van der Waals surface area contributed by atoms with Crippen molar-refractivity contribution in [1.82, 2.24) is 4.98 Å². The van der Waals surface area contributed by atoms with Crippen molar-refractivity contribution in [1.29, 1.82) is 0 Å². The lowest BCUT2D eigenvalue weighted by Crippen LogP contribution is -2.22. The average molecular weight is 360 g/mol. The van der Waals surface area contributed by atoms with E-state index < -0.39 is 23.2 Å². The van der Waals surface area contributed by atoms with Crippen LogP contribution in [0.4, 0.5) is 5.69 Å².